The molecular formula is C22H25F2NO. The Morgan fingerprint density at radius 3 is 2.42 bits per heavy atom. The molecule has 0 fully saturated rings. The molecule has 3 rings (SSSR count). The van der Waals surface area contributed by atoms with Gasteiger partial charge < -0.3 is 4.74 Å². The van der Waals surface area contributed by atoms with Crippen molar-refractivity contribution in [1.82, 2.24) is 0 Å². The van der Waals surface area contributed by atoms with Crippen LogP contribution >= 0.6 is 0 Å². The van der Waals surface area contributed by atoms with Crippen LogP contribution in [0.25, 0.3) is 0 Å². The smallest absolute Gasteiger partial charge is 0.135 e. The Morgan fingerprint density at radius 2 is 1.81 bits per heavy atom. The summed E-state index contributed by atoms with van der Waals surface area (Å²) >= 11 is 0. The van der Waals surface area contributed by atoms with E-state index in [4.69, 9.17) is 4.74 Å². The second-order valence-electron chi connectivity index (χ2n) is 7.66. The number of benzene rings is 2. The lowest BCUT2D eigenvalue weighted by Crippen LogP contribution is -2.12. The normalized spacial score (nSPS) is 17.3. The van der Waals surface area contributed by atoms with Crippen LogP contribution < -0.4 is 4.74 Å². The van der Waals surface area contributed by atoms with E-state index in [1.165, 1.54) is 23.8 Å². The van der Waals surface area contributed by atoms with Crippen LogP contribution in [-0.4, -0.2) is 12.3 Å². The number of nitrogens with zero attached hydrogens (tertiary/aromatic N) is 1. The maximum absolute atomic E-state index is 14.1. The lowest BCUT2D eigenvalue weighted by molar-refractivity contribution is 0.333. The Labute approximate surface area is 153 Å². The van der Waals surface area contributed by atoms with Gasteiger partial charge >= 0.3 is 0 Å². The fourth-order valence-corrected chi connectivity index (χ4v) is 3.34. The van der Waals surface area contributed by atoms with Gasteiger partial charge in [0.15, 0.2) is 0 Å². The summed E-state index contributed by atoms with van der Waals surface area (Å²) in [6, 6.07) is 9.99. The summed E-state index contributed by atoms with van der Waals surface area (Å²) in [5.41, 5.74) is 2.68. The van der Waals surface area contributed by atoms with Gasteiger partial charge in [0.1, 0.15) is 17.4 Å². The molecular weight excluding hydrogens is 332 g/mol. The predicted octanol–water partition coefficient (Wildman–Crippen LogP) is 5.99. The molecule has 1 atom stereocenters. The summed E-state index contributed by atoms with van der Waals surface area (Å²) in [4.78, 5) is 4.64. The summed E-state index contributed by atoms with van der Waals surface area (Å²) in [5, 5.41) is 0. The SMILES string of the molecule is CCOc1cc(C(C)(C)C)ccc1[C@H]1CCC(c2c(F)cccc2F)=N1. The van der Waals surface area contributed by atoms with Crippen LogP contribution in [0.3, 0.4) is 0 Å². The Kier molecular flexibility index (Phi) is 5.12. The third kappa shape index (κ3) is 3.64. The maximum atomic E-state index is 14.1. The van der Waals surface area contributed by atoms with Gasteiger partial charge in [0, 0.05) is 11.3 Å². The fourth-order valence-electron chi connectivity index (χ4n) is 3.34. The zero-order chi connectivity index (χ0) is 18.9. The minimum absolute atomic E-state index is 0.000674. The average Bonchev–Trinajstić information content (AvgIpc) is 3.03. The zero-order valence-electron chi connectivity index (χ0n) is 15.8. The molecule has 2 aromatic rings. The summed E-state index contributed by atoms with van der Waals surface area (Å²) < 4.78 is 34.0. The van der Waals surface area contributed by atoms with Crippen LogP contribution in [0, 0.1) is 11.6 Å². The molecule has 0 aromatic heterocycles. The summed E-state index contributed by atoms with van der Waals surface area (Å²) in [7, 11) is 0. The third-order valence-electron chi connectivity index (χ3n) is 4.76. The van der Waals surface area contributed by atoms with Crippen molar-refractivity contribution >= 4 is 5.71 Å². The van der Waals surface area contributed by atoms with Crippen LogP contribution in [0.5, 0.6) is 5.75 Å². The molecule has 1 heterocycles. The minimum Gasteiger partial charge on any atom is -0.494 e. The standard InChI is InChI=1S/C22H25F2NO/c1-5-26-20-13-14(22(2,3)4)9-10-15(20)18-11-12-19(25-18)21-16(23)7-6-8-17(21)24/h6-10,13,18H,5,11-12H2,1-4H3/t18-/m1/s1. The third-order valence-corrected chi connectivity index (χ3v) is 4.76. The molecule has 0 aliphatic carbocycles. The molecule has 2 nitrogen and oxygen atoms in total. The van der Waals surface area contributed by atoms with Gasteiger partial charge in [0.2, 0.25) is 0 Å². The molecule has 0 radical (unpaired) electrons. The van der Waals surface area contributed by atoms with Crippen molar-refractivity contribution in [2.24, 2.45) is 4.99 Å². The van der Waals surface area contributed by atoms with Crippen LogP contribution in [0.1, 0.15) is 63.3 Å². The molecule has 26 heavy (non-hydrogen) atoms. The van der Waals surface area contributed by atoms with Crippen molar-refractivity contribution < 1.29 is 13.5 Å². The number of hydrogen-bond acceptors (Lipinski definition) is 2. The van der Waals surface area contributed by atoms with Crippen LogP contribution in [0.15, 0.2) is 41.4 Å². The lowest BCUT2D eigenvalue weighted by atomic mass is 9.85. The highest BCUT2D eigenvalue weighted by atomic mass is 19.1. The van der Waals surface area contributed by atoms with E-state index in [9.17, 15) is 8.78 Å². The Balaban J connectivity index is 1.98. The first kappa shape index (κ1) is 18.6. The average molecular weight is 357 g/mol. The van der Waals surface area contributed by atoms with E-state index in [-0.39, 0.29) is 17.0 Å². The molecule has 1 aliphatic rings. The van der Waals surface area contributed by atoms with Gasteiger partial charge in [-0.2, -0.15) is 0 Å². The minimum atomic E-state index is -0.558. The van der Waals surface area contributed by atoms with E-state index in [1.807, 2.05) is 13.0 Å². The largest absolute Gasteiger partial charge is 0.494 e. The van der Waals surface area contributed by atoms with Crippen LogP contribution in [0.2, 0.25) is 0 Å². The number of hydrogen-bond donors (Lipinski definition) is 0. The van der Waals surface area contributed by atoms with Crippen LogP contribution in [0.4, 0.5) is 8.78 Å². The summed E-state index contributed by atoms with van der Waals surface area (Å²) in [6.45, 7) is 8.98. The molecule has 0 spiro atoms. The van der Waals surface area contributed by atoms with Crippen LogP contribution in [-0.2, 0) is 5.41 Å². The van der Waals surface area contributed by atoms with Gasteiger partial charge in [0.05, 0.1) is 18.2 Å². The highest BCUT2D eigenvalue weighted by Crippen LogP contribution is 2.39. The van der Waals surface area contributed by atoms with Gasteiger partial charge in [-0.1, -0.05) is 39.0 Å². The quantitative estimate of drug-likeness (QED) is 0.659. The molecule has 2 aromatic carbocycles. The van der Waals surface area contributed by atoms with Crippen molar-refractivity contribution in [1.29, 1.82) is 0 Å². The van der Waals surface area contributed by atoms with E-state index in [1.54, 1.807) is 0 Å². The molecule has 0 saturated heterocycles. The van der Waals surface area contributed by atoms with Gasteiger partial charge in [-0.15, -0.1) is 0 Å². The maximum Gasteiger partial charge on any atom is 0.135 e. The zero-order valence-corrected chi connectivity index (χ0v) is 15.8. The number of halogens is 2. The second-order valence-corrected chi connectivity index (χ2v) is 7.66. The molecule has 4 heteroatoms. The van der Waals surface area contributed by atoms with Gasteiger partial charge in [0.25, 0.3) is 0 Å². The monoisotopic (exact) mass is 357 g/mol. The topological polar surface area (TPSA) is 21.6 Å². The van der Waals surface area contributed by atoms with Gasteiger partial charge in [-0.05, 0) is 48.9 Å². The number of aliphatic imine (C=N–C) groups is 1. The van der Waals surface area contributed by atoms with Crippen molar-refractivity contribution in [3.63, 3.8) is 0 Å². The first-order valence-corrected chi connectivity index (χ1v) is 9.09. The lowest BCUT2D eigenvalue weighted by Gasteiger charge is -2.22. The van der Waals surface area contributed by atoms with Gasteiger partial charge in [-0.25, -0.2) is 8.78 Å². The molecule has 0 unspecified atom stereocenters. The number of ether oxygens (including phenoxy) is 1. The fraction of sp³-hybridized carbons (Fsp3) is 0.409. The van der Waals surface area contributed by atoms with E-state index < -0.39 is 11.6 Å². The Morgan fingerprint density at radius 1 is 1.12 bits per heavy atom. The summed E-state index contributed by atoms with van der Waals surface area (Å²) in [6.07, 6.45) is 1.27. The molecule has 0 bridgehead atoms. The Bertz CT molecular complexity index is 816. The van der Waals surface area contributed by atoms with Crippen molar-refractivity contribution in [2.75, 3.05) is 6.61 Å². The molecule has 0 amide bonds. The van der Waals surface area contributed by atoms with Gasteiger partial charge in [-0.3, -0.25) is 4.99 Å². The van der Waals surface area contributed by atoms with E-state index in [0.29, 0.717) is 18.7 Å². The first-order valence-electron chi connectivity index (χ1n) is 9.09. The molecule has 0 saturated carbocycles. The summed E-state index contributed by atoms with van der Waals surface area (Å²) in [5.74, 6) is -0.307. The molecule has 0 N–H and O–H groups in total. The molecule has 138 valence electrons. The van der Waals surface area contributed by atoms with Crippen molar-refractivity contribution in [2.45, 2.75) is 52.0 Å². The number of rotatable bonds is 4. The second kappa shape index (κ2) is 7.18. The van der Waals surface area contributed by atoms with Crippen molar-refractivity contribution in [3.05, 3.63) is 64.7 Å². The van der Waals surface area contributed by atoms with Crippen molar-refractivity contribution in [3.8, 4) is 5.75 Å². The highest BCUT2D eigenvalue weighted by Gasteiger charge is 2.27. The van der Waals surface area contributed by atoms with E-state index in [0.717, 1.165) is 17.7 Å². The Hall–Kier alpha value is -2.23. The first-order chi connectivity index (χ1) is 12.3. The van der Waals surface area contributed by atoms with E-state index >= 15 is 0 Å². The van der Waals surface area contributed by atoms with E-state index in [2.05, 4.69) is 37.9 Å². The molecule has 1 aliphatic heterocycles. The predicted molar refractivity (Wildman–Crippen MR) is 101 cm³/mol. The highest BCUT2D eigenvalue weighted by molar-refractivity contribution is 6.02.